The van der Waals surface area contributed by atoms with Crippen LogP contribution in [-0.4, -0.2) is 33.7 Å². The molecule has 2 rings (SSSR count). The van der Waals surface area contributed by atoms with Crippen molar-refractivity contribution in [2.45, 2.75) is 38.1 Å². The summed E-state index contributed by atoms with van der Waals surface area (Å²) in [7, 11) is 0. The molecular formula is C11H19N5O. The molecule has 0 radical (unpaired) electrons. The van der Waals surface area contributed by atoms with Crippen LogP contribution in [0.1, 0.15) is 31.5 Å². The highest BCUT2D eigenvalue weighted by molar-refractivity contribution is 5.78. The van der Waals surface area contributed by atoms with Gasteiger partial charge in [-0.2, -0.15) is 5.10 Å². The molecule has 17 heavy (non-hydrogen) atoms. The molecule has 1 fully saturated rings. The van der Waals surface area contributed by atoms with Crippen molar-refractivity contribution in [2.24, 2.45) is 11.7 Å². The molecule has 6 heteroatoms. The van der Waals surface area contributed by atoms with Crippen LogP contribution < -0.4 is 11.1 Å². The highest BCUT2D eigenvalue weighted by Gasteiger charge is 2.24. The lowest BCUT2D eigenvalue weighted by Gasteiger charge is -2.25. The quantitative estimate of drug-likeness (QED) is 0.685. The van der Waals surface area contributed by atoms with Crippen LogP contribution in [0.4, 0.5) is 0 Å². The summed E-state index contributed by atoms with van der Waals surface area (Å²) in [6, 6.07) is 0.189. The number of carbonyl (C=O) groups is 1. The lowest BCUT2D eigenvalue weighted by Crippen LogP contribution is -2.38. The number of H-pyrrole nitrogens is 1. The van der Waals surface area contributed by atoms with Crippen molar-refractivity contribution < 1.29 is 4.79 Å². The Hall–Kier alpha value is -1.43. The van der Waals surface area contributed by atoms with E-state index in [1.54, 1.807) is 0 Å². The first-order valence-electron chi connectivity index (χ1n) is 6.13. The van der Waals surface area contributed by atoms with Gasteiger partial charge in [-0.3, -0.25) is 9.89 Å². The summed E-state index contributed by atoms with van der Waals surface area (Å²) >= 11 is 0. The van der Waals surface area contributed by atoms with Crippen LogP contribution in [-0.2, 0) is 11.2 Å². The van der Waals surface area contributed by atoms with Gasteiger partial charge in [0.05, 0.1) is 0 Å². The lowest BCUT2D eigenvalue weighted by atomic mass is 9.85. The molecule has 2 unspecified atom stereocenters. The predicted octanol–water partition coefficient (Wildman–Crippen LogP) is -0.0191. The van der Waals surface area contributed by atoms with Crippen molar-refractivity contribution in [1.29, 1.82) is 0 Å². The zero-order chi connectivity index (χ0) is 12.1. The number of aromatic nitrogens is 3. The van der Waals surface area contributed by atoms with Gasteiger partial charge in [-0.05, 0) is 19.3 Å². The number of hydrogen-bond donors (Lipinski definition) is 3. The fraction of sp³-hybridized carbons (Fsp3) is 0.727. The third kappa shape index (κ3) is 3.52. The Bertz CT molecular complexity index is 351. The van der Waals surface area contributed by atoms with Gasteiger partial charge in [0.1, 0.15) is 12.2 Å². The van der Waals surface area contributed by atoms with E-state index in [2.05, 4.69) is 20.5 Å². The number of amides is 1. The summed E-state index contributed by atoms with van der Waals surface area (Å²) in [5.41, 5.74) is 5.87. The molecule has 1 aromatic rings. The molecule has 1 aliphatic rings. The maximum atomic E-state index is 11.9. The monoisotopic (exact) mass is 237 g/mol. The third-order valence-electron chi connectivity index (χ3n) is 3.21. The highest BCUT2D eigenvalue weighted by atomic mass is 16.1. The Balaban J connectivity index is 1.70. The Morgan fingerprint density at radius 3 is 3.18 bits per heavy atom. The molecule has 0 aliphatic heterocycles. The number of nitrogens with zero attached hydrogens (tertiary/aromatic N) is 2. The average molecular weight is 237 g/mol. The van der Waals surface area contributed by atoms with Crippen molar-refractivity contribution in [3.05, 3.63) is 12.2 Å². The molecule has 0 aromatic carbocycles. The number of aromatic amines is 1. The minimum Gasteiger partial charge on any atom is -0.355 e. The Morgan fingerprint density at radius 1 is 1.59 bits per heavy atom. The minimum atomic E-state index is 0.0912. The van der Waals surface area contributed by atoms with Gasteiger partial charge < -0.3 is 11.1 Å². The molecule has 94 valence electrons. The second-order valence-corrected chi connectivity index (χ2v) is 4.60. The smallest absolute Gasteiger partial charge is 0.223 e. The van der Waals surface area contributed by atoms with E-state index in [9.17, 15) is 4.79 Å². The van der Waals surface area contributed by atoms with E-state index in [0.717, 1.165) is 31.5 Å². The second-order valence-electron chi connectivity index (χ2n) is 4.60. The van der Waals surface area contributed by atoms with Crippen LogP contribution in [0.2, 0.25) is 0 Å². The van der Waals surface area contributed by atoms with E-state index in [-0.39, 0.29) is 17.9 Å². The van der Waals surface area contributed by atoms with Crippen LogP contribution in [0.25, 0.3) is 0 Å². The van der Waals surface area contributed by atoms with E-state index in [4.69, 9.17) is 5.73 Å². The highest BCUT2D eigenvalue weighted by Crippen LogP contribution is 2.22. The first-order chi connectivity index (χ1) is 8.25. The molecule has 0 saturated heterocycles. The summed E-state index contributed by atoms with van der Waals surface area (Å²) in [6.07, 6.45) is 6.03. The van der Waals surface area contributed by atoms with Crippen LogP contribution in [0, 0.1) is 5.92 Å². The van der Waals surface area contributed by atoms with E-state index in [1.807, 2.05) is 0 Å². The number of rotatable bonds is 4. The van der Waals surface area contributed by atoms with Gasteiger partial charge in [0.25, 0.3) is 0 Å². The zero-order valence-electron chi connectivity index (χ0n) is 9.85. The number of hydrogen-bond acceptors (Lipinski definition) is 4. The van der Waals surface area contributed by atoms with E-state index >= 15 is 0 Å². The molecular weight excluding hydrogens is 218 g/mol. The van der Waals surface area contributed by atoms with E-state index in [0.29, 0.717) is 13.0 Å². The maximum absolute atomic E-state index is 11.9. The predicted molar refractivity (Wildman–Crippen MR) is 63.0 cm³/mol. The van der Waals surface area contributed by atoms with Gasteiger partial charge >= 0.3 is 0 Å². The molecule has 0 spiro atoms. The van der Waals surface area contributed by atoms with Crippen LogP contribution in [0.3, 0.4) is 0 Å². The first kappa shape index (κ1) is 12.0. The zero-order valence-corrected chi connectivity index (χ0v) is 9.85. The molecule has 1 saturated carbocycles. The van der Waals surface area contributed by atoms with Crippen molar-refractivity contribution in [2.75, 3.05) is 6.54 Å². The SMILES string of the molecule is NC1CCCC(C(=O)NCCc2ncn[nH]2)C1. The summed E-state index contributed by atoms with van der Waals surface area (Å²) in [5, 5.41) is 9.45. The number of carbonyl (C=O) groups excluding carboxylic acids is 1. The van der Waals surface area contributed by atoms with Crippen LogP contribution >= 0.6 is 0 Å². The Morgan fingerprint density at radius 2 is 2.47 bits per heavy atom. The van der Waals surface area contributed by atoms with Gasteiger partial charge in [-0.15, -0.1) is 0 Å². The normalized spacial score (nSPS) is 24.5. The van der Waals surface area contributed by atoms with Crippen LogP contribution in [0.5, 0.6) is 0 Å². The summed E-state index contributed by atoms with van der Waals surface area (Å²) in [4.78, 5) is 15.9. The van der Waals surface area contributed by atoms with Crippen LogP contribution in [0.15, 0.2) is 6.33 Å². The van der Waals surface area contributed by atoms with Crippen molar-refractivity contribution in [3.63, 3.8) is 0 Å². The summed E-state index contributed by atoms with van der Waals surface area (Å²) < 4.78 is 0. The molecule has 4 N–H and O–H groups in total. The largest absolute Gasteiger partial charge is 0.355 e. The molecule has 1 aromatic heterocycles. The maximum Gasteiger partial charge on any atom is 0.223 e. The summed E-state index contributed by atoms with van der Waals surface area (Å²) in [6.45, 7) is 0.597. The minimum absolute atomic E-state index is 0.0912. The second kappa shape index (κ2) is 5.77. The molecule has 1 amide bonds. The molecule has 0 bridgehead atoms. The van der Waals surface area contributed by atoms with E-state index < -0.39 is 0 Å². The molecule has 1 heterocycles. The average Bonchev–Trinajstić information content (AvgIpc) is 2.82. The Kier molecular flexibility index (Phi) is 4.08. The number of nitrogens with one attached hydrogen (secondary N) is 2. The fourth-order valence-corrected chi connectivity index (χ4v) is 2.27. The molecule has 6 nitrogen and oxygen atoms in total. The topological polar surface area (TPSA) is 96.7 Å². The Labute approximate surface area is 100 Å². The number of nitrogens with two attached hydrogens (primary N) is 1. The standard InChI is InChI=1S/C11H19N5O/c12-9-3-1-2-8(6-9)11(17)13-5-4-10-14-7-15-16-10/h7-9H,1-6,12H2,(H,13,17)(H,14,15,16). The summed E-state index contributed by atoms with van der Waals surface area (Å²) in [5.74, 6) is 1.01. The lowest BCUT2D eigenvalue weighted by molar-refractivity contribution is -0.126. The van der Waals surface area contributed by atoms with Crippen molar-refractivity contribution in [3.8, 4) is 0 Å². The van der Waals surface area contributed by atoms with E-state index in [1.165, 1.54) is 6.33 Å². The molecule has 2 atom stereocenters. The van der Waals surface area contributed by atoms with Gasteiger partial charge in [0, 0.05) is 24.9 Å². The van der Waals surface area contributed by atoms with Gasteiger partial charge in [0.2, 0.25) is 5.91 Å². The fourth-order valence-electron chi connectivity index (χ4n) is 2.27. The van der Waals surface area contributed by atoms with Gasteiger partial charge in [-0.25, -0.2) is 4.98 Å². The van der Waals surface area contributed by atoms with Gasteiger partial charge in [-0.1, -0.05) is 6.42 Å². The first-order valence-corrected chi connectivity index (χ1v) is 6.13. The third-order valence-corrected chi connectivity index (χ3v) is 3.21. The van der Waals surface area contributed by atoms with Gasteiger partial charge in [0.15, 0.2) is 0 Å². The molecule has 1 aliphatic carbocycles. The van der Waals surface area contributed by atoms with Crippen molar-refractivity contribution >= 4 is 5.91 Å². The van der Waals surface area contributed by atoms with Crippen molar-refractivity contribution in [1.82, 2.24) is 20.5 Å².